The average molecular weight is 246 g/mol. The lowest BCUT2D eigenvalue weighted by Crippen LogP contribution is -2.15. The Morgan fingerprint density at radius 3 is 2.82 bits per heavy atom. The number of nitrogens with two attached hydrogens (primary N) is 1. The molecule has 17 heavy (non-hydrogen) atoms. The first-order chi connectivity index (χ1) is 8.09. The van der Waals surface area contributed by atoms with Gasteiger partial charge in [-0.1, -0.05) is 24.4 Å². The summed E-state index contributed by atoms with van der Waals surface area (Å²) in [6.45, 7) is 0. The molecule has 4 nitrogen and oxygen atoms in total. The second-order valence-corrected chi connectivity index (χ2v) is 4.25. The molecule has 0 aliphatic heterocycles. The smallest absolute Gasteiger partial charge is 0.209 e. The minimum atomic E-state index is 0.403. The van der Waals surface area contributed by atoms with Crippen LogP contribution in [0.3, 0.4) is 0 Å². The SMILES string of the molecule is CN(c1cccc(C(N)=S)c1)c1nccn1C. The van der Waals surface area contributed by atoms with Gasteiger partial charge in [-0.25, -0.2) is 4.98 Å². The Hall–Kier alpha value is -1.88. The molecule has 0 aliphatic carbocycles. The van der Waals surface area contributed by atoms with E-state index in [2.05, 4.69) is 4.98 Å². The summed E-state index contributed by atoms with van der Waals surface area (Å²) in [5, 5.41) is 0. The quantitative estimate of drug-likeness (QED) is 0.839. The van der Waals surface area contributed by atoms with Crippen LogP contribution in [0.2, 0.25) is 0 Å². The molecule has 0 spiro atoms. The van der Waals surface area contributed by atoms with Crippen molar-refractivity contribution < 1.29 is 0 Å². The lowest BCUT2D eigenvalue weighted by atomic mass is 10.2. The molecule has 0 amide bonds. The van der Waals surface area contributed by atoms with E-state index in [0.717, 1.165) is 17.2 Å². The van der Waals surface area contributed by atoms with Gasteiger partial charge in [-0.15, -0.1) is 0 Å². The van der Waals surface area contributed by atoms with Crippen LogP contribution in [0.25, 0.3) is 0 Å². The fourth-order valence-electron chi connectivity index (χ4n) is 1.66. The van der Waals surface area contributed by atoms with Crippen molar-refractivity contribution in [3.63, 3.8) is 0 Å². The van der Waals surface area contributed by atoms with E-state index in [1.165, 1.54) is 0 Å². The summed E-state index contributed by atoms with van der Waals surface area (Å²) in [5.74, 6) is 0.866. The zero-order valence-electron chi connectivity index (χ0n) is 9.79. The topological polar surface area (TPSA) is 47.1 Å². The van der Waals surface area contributed by atoms with E-state index < -0.39 is 0 Å². The Labute approximate surface area is 106 Å². The molecule has 0 unspecified atom stereocenters. The first-order valence-electron chi connectivity index (χ1n) is 5.20. The molecular weight excluding hydrogens is 232 g/mol. The summed E-state index contributed by atoms with van der Waals surface area (Å²) >= 11 is 4.97. The fraction of sp³-hybridized carbons (Fsp3) is 0.167. The van der Waals surface area contributed by atoms with Crippen LogP contribution in [0, 0.1) is 0 Å². The molecule has 88 valence electrons. The summed E-state index contributed by atoms with van der Waals surface area (Å²) in [6, 6.07) is 7.79. The number of aryl methyl sites for hydroxylation is 1. The largest absolute Gasteiger partial charge is 0.389 e. The van der Waals surface area contributed by atoms with Crippen LogP contribution in [0.1, 0.15) is 5.56 Å². The Morgan fingerprint density at radius 1 is 1.47 bits per heavy atom. The second kappa shape index (κ2) is 4.55. The number of anilines is 2. The van der Waals surface area contributed by atoms with Crippen molar-refractivity contribution in [2.45, 2.75) is 0 Å². The van der Waals surface area contributed by atoms with Gasteiger partial charge in [0.25, 0.3) is 0 Å². The van der Waals surface area contributed by atoms with E-state index in [1.807, 2.05) is 54.0 Å². The number of benzene rings is 1. The summed E-state index contributed by atoms with van der Waals surface area (Å²) in [5.41, 5.74) is 7.49. The van der Waals surface area contributed by atoms with Crippen molar-refractivity contribution in [3.8, 4) is 0 Å². The molecule has 1 aromatic carbocycles. The minimum Gasteiger partial charge on any atom is -0.389 e. The molecule has 0 aliphatic rings. The molecular formula is C12H14N4S. The van der Waals surface area contributed by atoms with E-state index in [4.69, 9.17) is 18.0 Å². The molecule has 0 saturated heterocycles. The summed E-state index contributed by atoms with van der Waals surface area (Å²) in [6.07, 6.45) is 3.67. The van der Waals surface area contributed by atoms with Crippen LogP contribution < -0.4 is 10.6 Å². The molecule has 0 bridgehead atoms. The van der Waals surface area contributed by atoms with E-state index in [9.17, 15) is 0 Å². The highest BCUT2D eigenvalue weighted by Crippen LogP contribution is 2.22. The van der Waals surface area contributed by atoms with Crippen LogP contribution in [-0.2, 0) is 7.05 Å². The third-order valence-electron chi connectivity index (χ3n) is 2.61. The summed E-state index contributed by atoms with van der Waals surface area (Å²) in [7, 11) is 3.91. The molecule has 5 heteroatoms. The number of hydrogen-bond donors (Lipinski definition) is 1. The lowest BCUT2D eigenvalue weighted by molar-refractivity contribution is 0.884. The van der Waals surface area contributed by atoms with E-state index >= 15 is 0 Å². The molecule has 0 radical (unpaired) electrons. The molecule has 2 aromatic rings. The maximum absolute atomic E-state index is 5.62. The Morgan fingerprint density at radius 2 is 2.24 bits per heavy atom. The number of thiocarbonyl (C=S) groups is 1. The van der Waals surface area contributed by atoms with Gasteiger partial charge in [0.15, 0.2) is 0 Å². The zero-order valence-corrected chi connectivity index (χ0v) is 10.6. The van der Waals surface area contributed by atoms with Crippen LogP contribution in [0.15, 0.2) is 36.7 Å². The molecule has 1 aromatic heterocycles. The number of imidazole rings is 1. The Kier molecular flexibility index (Phi) is 3.10. The molecule has 2 N–H and O–H groups in total. The molecule has 0 fully saturated rings. The van der Waals surface area contributed by atoms with Gasteiger partial charge in [0.1, 0.15) is 4.99 Å². The van der Waals surface area contributed by atoms with Crippen LogP contribution in [0.4, 0.5) is 11.6 Å². The zero-order chi connectivity index (χ0) is 12.4. The van der Waals surface area contributed by atoms with Gasteiger partial charge >= 0.3 is 0 Å². The highest BCUT2D eigenvalue weighted by atomic mass is 32.1. The van der Waals surface area contributed by atoms with Gasteiger partial charge < -0.3 is 15.2 Å². The third-order valence-corrected chi connectivity index (χ3v) is 2.85. The van der Waals surface area contributed by atoms with Gasteiger partial charge in [-0.3, -0.25) is 0 Å². The number of aromatic nitrogens is 2. The number of hydrogen-bond acceptors (Lipinski definition) is 3. The average Bonchev–Trinajstić information content (AvgIpc) is 2.74. The van der Waals surface area contributed by atoms with E-state index in [-0.39, 0.29) is 0 Å². The van der Waals surface area contributed by atoms with Gasteiger partial charge in [-0.2, -0.15) is 0 Å². The van der Waals surface area contributed by atoms with Gasteiger partial charge in [0.05, 0.1) is 0 Å². The predicted octanol–water partition coefficient (Wildman–Crippen LogP) is 1.82. The molecule has 2 rings (SSSR count). The molecule has 1 heterocycles. The van der Waals surface area contributed by atoms with Gasteiger partial charge in [0.2, 0.25) is 5.95 Å². The van der Waals surface area contributed by atoms with Gasteiger partial charge in [0, 0.05) is 37.7 Å². The first-order valence-corrected chi connectivity index (χ1v) is 5.61. The third kappa shape index (κ3) is 2.29. The molecule has 0 saturated carbocycles. The first kappa shape index (κ1) is 11.6. The highest BCUT2D eigenvalue weighted by Gasteiger charge is 2.09. The number of rotatable bonds is 3. The highest BCUT2D eigenvalue weighted by molar-refractivity contribution is 7.80. The summed E-state index contributed by atoms with van der Waals surface area (Å²) < 4.78 is 1.95. The Balaban J connectivity index is 2.37. The maximum Gasteiger partial charge on any atom is 0.209 e. The number of nitrogens with zero attached hydrogens (tertiary/aromatic N) is 3. The van der Waals surface area contributed by atoms with Crippen molar-refractivity contribution >= 4 is 28.8 Å². The van der Waals surface area contributed by atoms with Gasteiger partial charge in [-0.05, 0) is 12.1 Å². The molecule has 0 atom stereocenters. The van der Waals surface area contributed by atoms with Crippen molar-refractivity contribution in [1.29, 1.82) is 0 Å². The van der Waals surface area contributed by atoms with Crippen LogP contribution >= 0.6 is 12.2 Å². The normalized spacial score (nSPS) is 10.2. The second-order valence-electron chi connectivity index (χ2n) is 3.81. The predicted molar refractivity (Wildman–Crippen MR) is 73.6 cm³/mol. The van der Waals surface area contributed by atoms with E-state index in [0.29, 0.717) is 4.99 Å². The monoisotopic (exact) mass is 246 g/mol. The lowest BCUT2D eigenvalue weighted by Gasteiger charge is -2.18. The minimum absolute atomic E-state index is 0.403. The van der Waals surface area contributed by atoms with Crippen LogP contribution in [0.5, 0.6) is 0 Å². The van der Waals surface area contributed by atoms with Crippen molar-refractivity contribution in [2.24, 2.45) is 12.8 Å². The van der Waals surface area contributed by atoms with E-state index in [1.54, 1.807) is 6.20 Å². The van der Waals surface area contributed by atoms with Crippen molar-refractivity contribution in [2.75, 3.05) is 11.9 Å². The standard InChI is InChI=1S/C12H14N4S/c1-15-7-6-14-12(15)16(2)10-5-3-4-9(8-10)11(13)17/h3-8H,1-2H3,(H2,13,17). The van der Waals surface area contributed by atoms with Crippen molar-refractivity contribution in [1.82, 2.24) is 9.55 Å². The van der Waals surface area contributed by atoms with Crippen LogP contribution in [-0.4, -0.2) is 21.6 Å². The summed E-state index contributed by atoms with van der Waals surface area (Å²) in [4.78, 5) is 6.68. The maximum atomic E-state index is 5.62. The van der Waals surface area contributed by atoms with Crippen molar-refractivity contribution in [3.05, 3.63) is 42.2 Å². The fourth-order valence-corrected chi connectivity index (χ4v) is 1.79. The Bertz CT molecular complexity index is 547.